The Bertz CT molecular complexity index is 405. The maximum Gasteiger partial charge on any atom is 0.0274 e. The van der Waals surface area contributed by atoms with Crippen LogP contribution >= 0.6 is 11.3 Å². The predicted octanol–water partition coefficient (Wildman–Crippen LogP) is 4.31. The lowest BCUT2D eigenvalue weighted by molar-refractivity contribution is 0.179. The molecule has 0 unspecified atom stereocenters. The molecule has 3 heteroatoms. The van der Waals surface area contributed by atoms with E-state index in [1.54, 1.807) is 0 Å². The van der Waals surface area contributed by atoms with Gasteiger partial charge >= 0.3 is 0 Å². The van der Waals surface area contributed by atoms with E-state index in [0.717, 1.165) is 18.5 Å². The van der Waals surface area contributed by atoms with Gasteiger partial charge in [-0.25, -0.2) is 0 Å². The highest BCUT2D eigenvalue weighted by molar-refractivity contribution is 7.12. The topological polar surface area (TPSA) is 29.3 Å². The number of thiophene rings is 1. The van der Waals surface area contributed by atoms with Gasteiger partial charge in [0.25, 0.3) is 0 Å². The summed E-state index contributed by atoms with van der Waals surface area (Å²) in [4.78, 5) is 5.52. The number of aryl methyl sites for hydroxylation is 1. The van der Waals surface area contributed by atoms with Gasteiger partial charge in [-0.15, -0.1) is 11.3 Å². The van der Waals surface area contributed by atoms with E-state index in [4.69, 9.17) is 5.73 Å². The largest absolute Gasteiger partial charge is 0.326 e. The van der Waals surface area contributed by atoms with Crippen LogP contribution < -0.4 is 5.73 Å². The van der Waals surface area contributed by atoms with E-state index in [-0.39, 0.29) is 0 Å². The maximum absolute atomic E-state index is 5.78. The molecule has 0 spiro atoms. The van der Waals surface area contributed by atoms with Crippen molar-refractivity contribution in [3.8, 4) is 0 Å². The Hall–Kier alpha value is -0.380. The third kappa shape index (κ3) is 4.31. The summed E-state index contributed by atoms with van der Waals surface area (Å²) in [5.41, 5.74) is 7.29. The Morgan fingerprint density at radius 1 is 1.35 bits per heavy atom. The van der Waals surface area contributed by atoms with Crippen LogP contribution in [0, 0.1) is 12.8 Å². The van der Waals surface area contributed by atoms with E-state index in [0.29, 0.717) is 6.54 Å². The molecule has 2 N–H and O–H groups in total. The van der Waals surface area contributed by atoms with E-state index >= 15 is 0 Å². The Morgan fingerprint density at radius 2 is 2.05 bits per heavy atom. The molecule has 1 fully saturated rings. The molecular formula is C17H30N2S. The van der Waals surface area contributed by atoms with Crippen molar-refractivity contribution in [2.24, 2.45) is 11.7 Å². The van der Waals surface area contributed by atoms with Crippen LogP contribution in [0.3, 0.4) is 0 Å². The smallest absolute Gasteiger partial charge is 0.0274 e. The quantitative estimate of drug-likeness (QED) is 0.812. The summed E-state index contributed by atoms with van der Waals surface area (Å²) in [5, 5.41) is 0. The van der Waals surface area contributed by atoms with Crippen molar-refractivity contribution < 1.29 is 0 Å². The third-order valence-electron chi connectivity index (χ3n) is 4.48. The molecule has 0 radical (unpaired) electrons. The molecule has 0 saturated heterocycles. The molecule has 1 aromatic rings. The van der Waals surface area contributed by atoms with Crippen LogP contribution in [0.25, 0.3) is 0 Å². The van der Waals surface area contributed by atoms with Gasteiger partial charge in [0.2, 0.25) is 0 Å². The minimum atomic E-state index is 0.681. The van der Waals surface area contributed by atoms with Crippen molar-refractivity contribution in [3.63, 3.8) is 0 Å². The zero-order chi connectivity index (χ0) is 14.5. The molecule has 114 valence electrons. The molecule has 1 aromatic heterocycles. The molecule has 1 aliphatic carbocycles. The molecule has 0 atom stereocenters. The molecule has 2 nitrogen and oxygen atoms in total. The molecule has 1 heterocycles. The molecule has 20 heavy (non-hydrogen) atoms. The monoisotopic (exact) mass is 294 g/mol. The van der Waals surface area contributed by atoms with E-state index < -0.39 is 0 Å². The zero-order valence-electron chi connectivity index (χ0n) is 13.3. The standard InChI is InChI=1S/C17H30N2S/c1-13(2)8-9-19(16-6-4-5-7-16)12-15-10-17(11-18)20-14(15)3/h10,13,16H,4-9,11-12,18H2,1-3H3. The third-order valence-corrected chi connectivity index (χ3v) is 5.60. The molecule has 1 aliphatic rings. The van der Waals surface area contributed by atoms with Gasteiger partial charge in [0.05, 0.1) is 0 Å². The summed E-state index contributed by atoms with van der Waals surface area (Å²) < 4.78 is 0. The van der Waals surface area contributed by atoms with Gasteiger partial charge in [-0.1, -0.05) is 26.7 Å². The van der Waals surface area contributed by atoms with Gasteiger partial charge in [0.1, 0.15) is 0 Å². The maximum atomic E-state index is 5.78. The van der Waals surface area contributed by atoms with Crippen molar-refractivity contribution in [2.75, 3.05) is 6.54 Å². The molecule has 0 aliphatic heterocycles. The first-order valence-electron chi connectivity index (χ1n) is 8.12. The van der Waals surface area contributed by atoms with Gasteiger partial charge in [0.15, 0.2) is 0 Å². The molecule has 0 bridgehead atoms. The zero-order valence-corrected chi connectivity index (χ0v) is 14.1. The molecule has 0 aromatic carbocycles. The van der Waals surface area contributed by atoms with Crippen LogP contribution in [0.1, 0.15) is 61.3 Å². The van der Waals surface area contributed by atoms with Crippen molar-refractivity contribution in [3.05, 3.63) is 21.4 Å². The van der Waals surface area contributed by atoms with Crippen molar-refractivity contribution >= 4 is 11.3 Å². The van der Waals surface area contributed by atoms with E-state index in [1.807, 2.05) is 11.3 Å². The van der Waals surface area contributed by atoms with E-state index in [2.05, 4.69) is 31.7 Å². The number of rotatable bonds is 7. The molecule has 2 rings (SSSR count). The van der Waals surface area contributed by atoms with Gasteiger partial charge in [-0.3, -0.25) is 4.90 Å². The summed E-state index contributed by atoms with van der Waals surface area (Å²) in [5.74, 6) is 0.794. The van der Waals surface area contributed by atoms with E-state index in [9.17, 15) is 0 Å². The average molecular weight is 295 g/mol. The lowest BCUT2D eigenvalue weighted by Crippen LogP contribution is -2.34. The first-order chi connectivity index (χ1) is 9.60. The SMILES string of the molecule is Cc1sc(CN)cc1CN(CCC(C)C)C1CCCC1. The van der Waals surface area contributed by atoms with Crippen LogP contribution in [0.5, 0.6) is 0 Å². The minimum Gasteiger partial charge on any atom is -0.326 e. The number of hydrogen-bond donors (Lipinski definition) is 1. The van der Waals surface area contributed by atoms with Crippen LogP contribution in [0.15, 0.2) is 6.07 Å². The summed E-state index contributed by atoms with van der Waals surface area (Å²) in [6.07, 6.45) is 6.93. The Kier molecular flexibility index (Phi) is 6.06. The number of nitrogens with zero attached hydrogens (tertiary/aromatic N) is 1. The second-order valence-electron chi connectivity index (χ2n) is 6.59. The predicted molar refractivity (Wildman–Crippen MR) is 89.1 cm³/mol. The van der Waals surface area contributed by atoms with Crippen molar-refractivity contribution in [1.82, 2.24) is 4.90 Å². The summed E-state index contributed by atoms with van der Waals surface area (Å²) >= 11 is 1.87. The van der Waals surface area contributed by atoms with Crippen molar-refractivity contribution in [2.45, 2.75) is 72.0 Å². The molecule has 0 amide bonds. The molecule has 1 saturated carbocycles. The highest BCUT2D eigenvalue weighted by Gasteiger charge is 2.23. The summed E-state index contributed by atoms with van der Waals surface area (Å²) in [6, 6.07) is 3.14. The Labute approximate surface area is 128 Å². The average Bonchev–Trinajstić information content (AvgIpc) is 3.04. The number of nitrogens with two attached hydrogens (primary N) is 1. The normalized spacial score (nSPS) is 16.7. The van der Waals surface area contributed by atoms with Gasteiger partial charge < -0.3 is 5.73 Å². The van der Waals surface area contributed by atoms with E-state index in [1.165, 1.54) is 54.0 Å². The fourth-order valence-electron chi connectivity index (χ4n) is 3.15. The fraction of sp³-hybridized carbons (Fsp3) is 0.765. The highest BCUT2D eigenvalue weighted by atomic mass is 32.1. The van der Waals surface area contributed by atoms with Gasteiger partial charge in [-0.2, -0.15) is 0 Å². The summed E-state index contributed by atoms with van der Waals surface area (Å²) in [7, 11) is 0. The first kappa shape index (κ1) is 16.0. The van der Waals surface area contributed by atoms with Crippen LogP contribution in [-0.2, 0) is 13.1 Å². The summed E-state index contributed by atoms with van der Waals surface area (Å²) in [6.45, 7) is 9.95. The second kappa shape index (κ2) is 7.58. The lowest BCUT2D eigenvalue weighted by atomic mass is 10.1. The Balaban J connectivity index is 2.03. The highest BCUT2D eigenvalue weighted by Crippen LogP contribution is 2.28. The lowest BCUT2D eigenvalue weighted by Gasteiger charge is -2.29. The fourth-order valence-corrected chi connectivity index (χ4v) is 4.08. The van der Waals surface area contributed by atoms with Crippen LogP contribution in [0.4, 0.5) is 0 Å². The van der Waals surface area contributed by atoms with Crippen LogP contribution in [0.2, 0.25) is 0 Å². The Morgan fingerprint density at radius 3 is 2.60 bits per heavy atom. The van der Waals surface area contributed by atoms with Gasteiger partial charge in [0, 0.05) is 28.9 Å². The number of hydrogen-bond acceptors (Lipinski definition) is 3. The molecular weight excluding hydrogens is 264 g/mol. The van der Waals surface area contributed by atoms with Crippen LogP contribution in [-0.4, -0.2) is 17.5 Å². The van der Waals surface area contributed by atoms with Gasteiger partial charge in [-0.05, 0) is 50.3 Å². The first-order valence-corrected chi connectivity index (χ1v) is 8.94. The minimum absolute atomic E-state index is 0.681. The van der Waals surface area contributed by atoms with Crippen molar-refractivity contribution in [1.29, 1.82) is 0 Å². The second-order valence-corrected chi connectivity index (χ2v) is 7.93.